The molecule has 0 aromatic carbocycles. The lowest BCUT2D eigenvalue weighted by Crippen LogP contribution is -2.47. The Kier molecular flexibility index (Phi) is 4.52. The maximum Gasteiger partial charge on any atom is 0.309 e. The third-order valence-electron chi connectivity index (χ3n) is 2.87. The lowest BCUT2D eigenvalue weighted by atomic mass is 10.0. The number of carbonyl (C=O) groups excluding carboxylic acids is 2. The van der Waals surface area contributed by atoms with E-state index in [4.69, 9.17) is 4.74 Å². The van der Waals surface area contributed by atoms with Gasteiger partial charge in [0.2, 0.25) is 0 Å². The quantitative estimate of drug-likeness (QED) is 0.658. The minimum absolute atomic E-state index is 0.0260. The van der Waals surface area contributed by atoms with Gasteiger partial charge in [-0.25, -0.2) is 0 Å². The second kappa shape index (κ2) is 6.14. The third kappa shape index (κ3) is 4.02. The second-order valence-corrected chi connectivity index (χ2v) is 5.50. The van der Waals surface area contributed by atoms with Gasteiger partial charge in [-0.15, -0.1) is 11.3 Å². The van der Waals surface area contributed by atoms with Gasteiger partial charge in [-0.2, -0.15) is 0 Å². The largest absolute Gasteiger partial charge is 0.386 e. The minimum atomic E-state index is -1.05. The minimum Gasteiger partial charge on any atom is -0.386 e. The Morgan fingerprint density at radius 2 is 2.21 bits per heavy atom. The standard InChI is InChI=1S/C12H16N2O4S/c15-10(13-6-9-2-1-5-19-9)11(16)14-7-12(17)3-4-18-8-12/h1-2,5,17H,3-4,6-8H2,(H,13,15)(H,14,16)/t12-/m1/s1. The van der Waals surface area contributed by atoms with Crippen molar-refractivity contribution >= 4 is 23.2 Å². The van der Waals surface area contributed by atoms with E-state index in [1.165, 1.54) is 11.3 Å². The molecule has 3 N–H and O–H groups in total. The van der Waals surface area contributed by atoms with E-state index < -0.39 is 17.4 Å². The van der Waals surface area contributed by atoms with Gasteiger partial charge in [0.15, 0.2) is 0 Å². The Hall–Kier alpha value is -1.44. The molecule has 1 fully saturated rings. The average molecular weight is 284 g/mol. The van der Waals surface area contributed by atoms with E-state index in [-0.39, 0.29) is 13.2 Å². The van der Waals surface area contributed by atoms with Gasteiger partial charge in [-0.1, -0.05) is 6.07 Å². The van der Waals surface area contributed by atoms with Gasteiger partial charge in [-0.3, -0.25) is 9.59 Å². The van der Waals surface area contributed by atoms with Gasteiger partial charge >= 0.3 is 11.8 Å². The molecule has 104 valence electrons. The molecule has 2 rings (SSSR count). The summed E-state index contributed by atoms with van der Waals surface area (Å²) in [6.07, 6.45) is 0.462. The summed E-state index contributed by atoms with van der Waals surface area (Å²) in [5, 5.41) is 16.8. The first-order valence-corrected chi connectivity index (χ1v) is 6.86. The zero-order valence-corrected chi connectivity index (χ0v) is 11.2. The summed E-state index contributed by atoms with van der Waals surface area (Å²) < 4.78 is 5.05. The van der Waals surface area contributed by atoms with Crippen LogP contribution < -0.4 is 10.6 Å². The molecule has 19 heavy (non-hydrogen) atoms. The van der Waals surface area contributed by atoms with Crippen LogP contribution in [0.2, 0.25) is 0 Å². The molecule has 0 bridgehead atoms. The Labute approximate surface area is 114 Å². The van der Waals surface area contributed by atoms with Crippen molar-refractivity contribution in [3.05, 3.63) is 22.4 Å². The molecule has 2 amide bonds. The zero-order valence-electron chi connectivity index (χ0n) is 10.3. The summed E-state index contributed by atoms with van der Waals surface area (Å²) >= 11 is 1.51. The molecule has 0 aliphatic carbocycles. The maximum atomic E-state index is 11.5. The number of aliphatic hydroxyl groups is 1. The fraction of sp³-hybridized carbons (Fsp3) is 0.500. The molecule has 6 nitrogen and oxygen atoms in total. The van der Waals surface area contributed by atoms with Crippen LogP contribution in [0.1, 0.15) is 11.3 Å². The fourth-order valence-corrected chi connectivity index (χ4v) is 2.37. The Morgan fingerprint density at radius 3 is 2.84 bits per heavy atom. The van der Waals surface area contributed by atoms with Crippen molar-refractivity contribution in [2.45, 2.75) is 18.6 Å². The molecule has 1 saturated heterocycles. The Bertz CT molecular complexity index is 441. The first-order chi connectivity index (χ1) is 9.09. The Morgan fingerprint density at radius 1 is 1.42 bits per heavy atom. The number of amides is 2. The molecular weight excluding hydrogens is 268 g/mol. The van der Waals surface area contributed by atoms with Crippen molar-refractivity contribution in [2.75, 3.05) is 19.8 Å². The molecule has 1 atom stereocenters. The number of thiophene rings is 1. The molecule has 1 aliphatic rings. The zero-order chi connectivity index (χ0) is 13.7. The van der Waals surface area contributed by atoms with Gasteiger partial charge in [0, 0.05) is 24.4 Å². The van der Waals surface area contributed by atoms with Crippen LogP contribution in [-0.4, -0.2) is 42.3 Å². The second-order valence-electron chi connectivity index (χ2n) is 4.47. The highest BCUT2D eigenvalue weighted by Crippen LogP contribution is 2.16. The summed E-state index contributed by atoms with van der Waals surface area (Å²) in [5.41, 5.74) is -1.05. The smallest absolute Gasteiger partial charge is 0.309 e. The van der Waals surface area contributed by atoms with Crippen molar-refractivity contribution in [3.8, 4) is 0 Å². The Balaban J connectivity index is 1.71. The van der Waals surface area contributed by atoms with E-state index in [1.807, 2.05) is 17.5 Å². The van der Waals surface area contributed by atoms with Gasteiger partial charge in [-0.05, 0) is 11.4 Å². The van der Waals surface area contributed by atoms with Crippen molar-refractivity contribution in [1.29, 1.82) is 0 Å². The molecule has 1 aromatic rings. The summed E-state index contributed by atoms with van der Waals surface area (Å²) in [6, 6.07) is 3.75. The highest BCUT2D eigenvalue weighted by molar-refractivity contribution is 7.09. The van der Waals surface area contributed by atoms with Crippen LogP contribution in [0, 0.1) is 0 Å². The van der Waals surface area contributed by atoms with Crippen LogP contribution in [0.15, 0.2) is 17.5 Å². The number of ether oxygens (including phenoxy) is 1. The summed E-state index contributed by atoms with van der Waals surface area (Å²) in [5.74, 6) is -1.44. The van der Waals surface area contributed by atoms with E-state index in [1.54, 1.807) is 0 Å². The van der Waals surface area contributed by atoms with Gasteiger partial charge in [0.05, 0.1) is 13.2 Å². The SMILES string of the molecule is O=C(NCc1cccs1)C(=O)NC[C@]1(O)CCOC1. The van der Waals surface area contributed by atoms with Crippen LogP contribution in [0.5, 0.6) is 0 Å². The van der Waals surface area contributed by atoms with Crippen molar-refractivity contribution < 1.29 is 19.4 Å². The van der Waals surface area contributed by atoms with E-state index in [0.717, 1.165) is 4.88 Å². The van der Waals surface area contributed by atoms with Crippen molar-refractivity contribution in [2.24, 2.45) is 0 Å². The van der Waals surface area contributed by atoms with Crippen molar-refractivity contribution in [3.63, 3.8) is 0 Å². The van der Waals surface area contributed by atoms with Gasteiger partial charge in [0.25, 0.3) is 0 Å². The van der Waals surface area contributed by atoms with E-state index in [2.05, 4.69) is 10.6 Å². The van der Waals surface area contributed by atoms with Crippen LogP contribution in [-0.2, 0) is 20.9 Å². The summed E-state index contributed by atoms with van der Waals surface area (Å²) in [6.45, 7) is 1.01. The highest BCUT2D eigenvalue weighted by Gasteiger charge is 2.33. The first-order valence-electron chi connectivity index (χ1n) is 5.98. The van der Waals surface area contributed by atoms with Gasteiger partial charge in [0.1, 0.15) is 5.60 Å². The number of hydrogen-bond donors (Lipinski definition) is 3. The first kappa shape index (κ1) is 14.0. The molecule has 0 saturated carbocycles. The fourth-order valence-electron chi connectivity index (χ4n) is 1.72. The maximum absolute atomic E-state index is 11.5. The van der Waals surface area contributed by atoms with Crippen molar-refractivity contribution in [1.82, 2.24) is 10.6 Å². The molecule has 1 aliphatic heterocycles. The van der Waals surface area contributed by atoms with E-state index in [9.17, 15) is 14.7 Å². The molecular formula is C12H16N2O4S. The van der Waals surface area contributed by atoms with Gasteiger partial charge < -0.3 is 20.5 Å². The normalized spacial score (nSPS) is 22.2. The number of rotatable bonds is 4. The number of hydrogen-bond acceptors (Lipinski definition) is 5. The third-order valence-corrected chi connectivity index (χ3v) is 3.75. The predicted molar refractivity (Wildman–Crippen MR) is 69.6 cm³/mol. The lowest BCUT2D eigenvalue weighted by molar-refractivity contribution is -0.139. The summed E-state index contributed by atoms with van der Waals surface area (Å²) in [4.78, 5) is 24.0. The number of carbonyl (C=O) groups is 2. The van der Waals surface area contributed by atoms with Crippen LogP contribution in [0.3, 0.4) is 0 Å². The highest BCUT2D eigenvalue weighted by atomic mass is 32.1. The molecule has 0 radical (unpaired) electrons. The molecule has 1 aromatic heterocycles. The molecule has 0 spiro atoms. The predicted octanol–water partition coefficient (Wildman–Crippen LogP) is -0.368. The number of nitrogens with one attached hydrogen (secondary N) is 2. The molecule has 2 heterocycles. The molecule has 0 unspecified atom stereocenters. The average Bonchev–Trinajstić information content (AvgIpc) is 3.05. The van der Waals surface area contributed by atoms with Crippen LogP contribution in [0.4, 0.5) is 0 Å². The van der Waals surface area contributed by atoms with Crippen LogP contribution >= 0.6 is 11.3 Å². The molecule has 7 heteroatoms. The monoisotopic (exact) mass is 284 g/mol. The van der Waals surface area contributed by atoms with Crippen LogP contribution in [0.25, 0.3) is 0 Å². The summed E-state index contributed by atoms with van der Waals surface area (Å²) in [7, 11) is 0. The topological polar surface area (TPSA) is 87.7 Å². The van der Waals surface area contributed by atoms with E-state index >= 15 is 0 Å². The van der Waals surface area contributed by atoms with E-state index in [0.29, 0.717) is 19.6 Å². The lowest BCUT2D eigenvalue weighted by Gasteiger charge is -2.20.